The van der Waals surface area contributed by atoms with Crippen molar-refractivity contribution in [2.75, 3.05) is 7.05 Å². The lowest BCUT2D eigenvalue weighted by Gasteiger charge is -2.15. The molecule has 0 fully saturated rings. The predicted octanol–water partition coefficient (Wildman–Crippen LogP) is 4.19. The molecule has 0 aliphatic rings. The molecule has 0 aliphatic carbocycles. The summed E-state index contributed by atoms with van der Waals surface area (Å²) in [4.78, 5) is 0. The van der Waals surface area contributed by atoms with Gasteiger partial charge in [-0.2, -0.15) is 0 Å². The first-order chi connectivity index (χ1) is 8.19. The number of benzene rings is 1. The first-order valence-electron chi connectivity index (χ1n) is 6.29. The Morgan fingerprint density at radius 2 is 2.12 bits per heavy atom. The van der Waals surface area contributed by atoms with Gasteiger partial charge >= 0.3 is 0 Å². The summed E-state index contributed by atoms with van der Waals surface area (Å²) in [6, 6.07) is 5.41. The molecule has 1 nitrogen and oxygen atoms in total. The molecule has 1 N–H and O–H groups in total. The minimum Gasteiger partial charge on any atom is -0.317 e. The SMILES string of the molecule is CCCC(CCCc1c(F)cccc1Cl)NC. The largest absolute Gasteiger partial charge is 0.317 e. The fraction of sp³-hybridized carbons (Fsp3) is 0.571. The fourth-order valence-corrected chi connectivity index (χ4v) is 2.34. The Hall–Kier alpha value is -0.600. The van der Waals surface area contributed by atoms with Gasteiger partial charge in [0.25, 0.3) is 0 Å². The van der Waals surface area contributed by atoms with Gasteiger partial charge < -0.3 is 5.32 Å². The number of hydrogen-bond donors (Lipinski definition) is 1. The second-order valence-corrected chi connectivity index (χ2v) is 4.77. The number of nitrogens with one attached hydrogen (secondary N) is 1. The number of halogens is 2. The lowest BCUT2D eigenvalue weighted by Crippen LogP contribution is -2.24. The molecule has 0 saturated carbocycles. The summed E-state index contributed by atoms with van der Waals surface area (Å²) in [7, 11) is 1.98. The van der Waals surface area contributed by atoms with E-state index in [1.807, 2.05) is 7.05 Å². The highest BCUT2D eigenvalue weighted by molar-refractivity contribution is 6.31. The third kappa shape index (κ3) is 4.64. The first-order valence-corrected chi connectivity index (χ1v) is 6.67. The Bertz CT molecular complexity index is 321. The Morgan fingerprint density at radius 3 is 2.71 bits per heavy atom. The second-order valence-electron chi connectivity index (χ2n) is 4.37. The van der Waals surface area contributed by atoms with Gasteiger partial charge in [-0.3, -0.25) is 0 Å². The van der Waals surface area contributed by atoms with Crippen LogP contribution in [0.15, 0.2) is 18.2 Å². The van der Waals surface area contributed by atoms with Crippen LogP contribution in [0.1, 0.15) is 38.2 Å². The Morgan fingerprint density at radius 1 is 1.35 bits per heavy atom. The van der Waals surface area contributed by atoms with Crippen LogP contribution in [0.25, 0.3) is 0 Å². The highest BCUT2D eigenvalue weighted by Crippen LogP contribution is 2.21. The van der Waals surface area contributed by atoms with Gasteiger partial charge in [-0.1, -0.05) is 31.0 Å². The Kier molecular flexibility index (Phi) is 6.53. The van der Waals surface area contributed by atoms with Crippen molar-refractivity contribution >= 4 is 11.6 Å². The van der Waals surface area contributed by atoms with Gasteiger partial charge in [-0.15, -0.1) is 0 Å². The Labute approximate surface area is 108 Å². The minimum atomic E-state index is -0.186. The van der Waals surface area contributed by atoms with E-state index in [-0.39, 0.29) is 5.82 Å². The Balaban J connectivity index is 2.45. The summed E-state index contributed by atoms with van der Waals surface area (Å²) in [6.45, 7) is 2.18. The molecule has 3 heteroatoms. The van der Waals surface area contributed by atoms with E-state index in [2.05, 4.69) is 12.2 Å². The average molecular weight is 258 g/mol. The van der Waals surface area contributed by atoms with Gasteiger partial charge in [0, 0.05) is 16.6 Å². The summed E-state index contributed by atoms with van der Waals surface area (Å²) >= 11 is 5.98. The molecule has 0 saturated heterocycles. The van der Waals surface area contributed by atoms with Gasteiger partial charge in [0.05, 0.1) is 0 Å². The molecule has 1 unspecified atom stereocenters. The number of rotatable bonds is 7. The average Bonchev–Trinajstić information content (AvgIpc) is 2.31. The van der Waals surface area contributed by atoms with E-state index >= 15 is 0 Å². The summed E-state index contributed by atoms with van der Waals surface area (Å²) in [5, 5.41) is 3.83. The molecule has 0 aliphatic heterocycles. The van der Waals surface area contributed by atoms with Crippen LogP contribution in [0, 0.1) is 5.82 Å². The zero-order chi connectivity index (χ0) is 12.7. The van der Waals surface area contributed by atoms with Crippen molar-refractivity contribution in [3.8, 4) is 0 Å². The van der Waals surface area contributed by atoms with Gasteiger partial charge in [0.1, 0.15) is 5.82 Å². The molecule has 0 spiro atoms. The molecule has 1 aromatic carbocycles. The van der Waals surface area contributed by atoms with Gasteiger partial charge in [-0.25, -0.2) is 4.39 Å². The summed E-state index contributed by atoms with van der Waals surface area (Å²) < 4.78 is 13.5. The molecule has 1 rings (SSSR count). The summed E-state index contributed by atoms with van der Waals surface area (Å²) in [5.74, 6) is -0.186. The second kappa shape index (κ2) is 7.67. The number of hydrogen-bond acceptors (Lipinski definition) is 1. The van der Waals surface area contributed by atoms with Gasteiger partial charge in [0.2, 0.25) is 0 Å². The normalized spacial score (nSPS) is 12.7. The maximum absolute atomic E-state index is 13.5. The van der Waals surface area contributed by atoms with Crippen LogP contribution in [0.5, 0.6) is 0 Å². The van der Waals surface area contributed by atoms with Crippen molar-refractivity contribution in [2.45, 2.75) is 45.1 Å². The van der Waals surface area contributed by atoms with Crippen LogP contribution in [-0.4, -0.2) is 13.1 Å². The van der Waals surface area contributed by atoms with E-state index in [1.165, 1.54) is 18.9 Å². The van der Waals surface area contributed by atoms with Gasteiger partial charge in [0.15, 0.2) is 0 Å². The maximum atomic E-state index is 13.5. The molecule has 96 valence electrons. The molecule has 0 aromatic heterocycles. The summed E-state index contributed by atoms with van der Waals surface area (Å²) in [6.07, 6.45) is 5.09. The van der Waals surface area contributed by atoms with Crippen LogP contribution >= 0.6 is 11.6 Å². The molecule has 17 heavy (non-hydrogen) atoms. The van der Waals surface area contributed by atoms with Crippen LogP contribution in [0.2, 0.25) is 5.02 Å². The van der Waals surface area contributed by atoms with Crippen LogP contribution < -0.4 is 5.32 Å². The molecule has 1 atom stereocenters. The van der Waals surface area contributed by atoms with E-state index in [0.29, 0.717) is 23.0 Å². The van der Waals surface area contributed by atoms with Crippen molar-refractivity contribution in [3.05, 3.63) is 34.6 Å². The fourth-order valence-electron chi connectivity index (χ4n) is 2.08. The van der Waals surface area contributed by atoms with E-state index in [0.717, 1.165) is 12.8 Å². The van der Waals surface area contributed by atoms with Crippen molar-refractivity contribution in [2.24, 2.45) is 0 Å². The van der Waals surface area contributed by atoms with Crippen LogP contribution in [0.4, 0.5) is 4.39 Å². The predicted molar refractivity (Wildman–Crippen MR) is 72.1 cm³/mol. The van der Waals surface area contributed by atoms with Crippen LogP contribution in [-0.2, 0) is 6.42 Å². The minimum absolute atomic E-state index is 0.186. The zero-order valence-corrected chi connectivity index (χ0v) is 11.4. The third-order valence-electron chi connectivity index (χ3n) is 3.09. The lowest BCUT2D eigenvalue weighted by atomic mass is 10.0. The smallest absolute Gasteiger partial charge is 0.127 e. The van der Waals surface area contributed by atoms with Crippen molar-refractivity contribution in [1.29, 1.82) is 0 Å². The highest BCUT2D eigenvalue weighted by Gasteiger charge is 2.09. The topological polar surface area (TPSA) is 12.0 Å². The van der Waals surface area contributed by atoms with E-state index < -0.39 is 0 Å². The van der Waals surface area contributed by atoms with Crippen LogP contribution in [0.3, 0.4) is 0 Å². The first kappa shape index (κ1) is 14.5. The molecule has 0 heterocycles. The monoisotopic (exact) mass is 257 g/mol. The lowest BCUT2D eigenvalue weighted by molar-refractivity contribution is 0.467. The third-order valence-corrected chi connectivity index (χ3v) is 3.44. The van der Waals surface area contributed by atoms with E-state index in [9.17, 15) is 4.39 Å². The quantitative estimate of drug-likeness (QED) is 0.772. The van der Waals surface area contributed by atoms with Crippen molar-refractivity contribution in [1.82, 2.24) is 5.32 Å². The molecular weight excluding hydrogens is 237 g/mol. The summed E-state index contributed by atoms with van der Waals surface area (Å²) in [5.41, 5.74) is 0.653. The van der Waals surface area contributed by atoms with E-state index in [4.69, 9.17) is 11.6 Å². The van der Waals surface area contributed by atoms with E-state index in [1.54, 1.807) is 12.1 Å². The van der Waals surface area contributed by atoms with Crippen molar-refractivity contribution in [3.63, 3.8) is 0 Å². The molecule has 0 amide bonds. The van der Waals surface area contributed by atoms with Crippen molar-refractivity contribution < 1.29 is 4.39 Å². The highest BCUT2D eigenvalue weighted by atomic mass is 35.5. The molecule has 0 bridgehead atoms. The van der Waals surface area contributed by atoms with Gasteiger partial charge in [-0.05, 0) is 44.9 Å². The zero-order valence-electron chi connectivity index (χ0n) is 10.6. The standard InChI is InChI=1S/C14H21ClFN/c1-3-6-11(17-2)7-4-8-12-13(15)9-5-10-14(12)16/h5,9-11,17H,3-4,6-8H2,1-2H3. The molecule has 0 radical (unpaired) electrons. The maximum Gasteiger partial charge on any atom is 0.127 e. The molecule has 1 aromatic rings. The molecular formula is C14H21ClFN.